The Morgan fingerprint density at radius 1 is 1.12 bits per heavy atom. The molecule has 0 aliphatic carbocycles. The van der Waals surface area contributed by atoms with Gasteiger partial charge in [-0.2, -0.15) is 0 Å². The fourth-order valence-electron chi connectivity index (χ4n) is 1.95. The molecule has 0 aliphatic rings. The van der Waals surface area contributed by atoms with Gasteiger partial charge in [-0.1, -0.05) is 19.1 Å². The first-order chi connectivity index (χ1) is 11.5. The van der Waals surface area contributed by atoms with Crippen LogP contribution in [0.15, 0.2) is 48.5 Å². The van der Waals surface area contributed by atoms with Crippen molar-refractivity contribution in [1.82, 2.24) is 0 Å². The van der Waals surface area contributed by atoms with Crippen molar-refractivity contribution in [3.63, 3.8) is 0 Å². The second-order valence-corrected chi connectivity index (χ2v) is 4.95. The van der Waals surface area contributed by atoms with Gasteiger partial charge in [0, 0.05) is 18.6 Å². The third-order valence-corrected chi connectivity index (χ3v) is 3.26. The van der Waals surface area contributed by atoms with Crippen LogP contribution in [0.3, 0.4) is 0 Å². The Morgan fingerprint density at radius 2 is 1.79 bits per heavy atom. The summed E-state index contributed by atoms with van der Waals surface area (Å²) in [6, 6.07) is 12.3. The van der Waals surface area contributed by atoms with E-state index >= 15 is 0 Å². The number of carbonyl (C=O) groups excluding carboxylic acids is 2. The average Bonchev–Trinajstić information content (AvgIpc) is 2.60. The summed E-state index contributed by atoms with van der Waals surface area (Å²) in [4.78, 5) is 33.8. The van der Waals surface area contributed by atoms with Gasteiger partial charge in [0.25, 0.3) is 5.69 Å². The number of nitrogens with one attached hydrogen (secondary N) is 1. The predicted octanol–water partition coefficient (Wildman–Crippen LogP) is 3.30. The minimum Gasteiger partial charge on any atom is -0.457 e. The molecule has 0 aliphatic heterocycles. The molecule has 0 radical (unpaired) electrons. The Morgan fingerprint density at radius 3 is 2.42 bits per heavy atom. The molecule has 0 saturated heterocycles. The zero-order valence-electron chi connectivity index (χ0n) is 13.0. The van der Waals surface area contributed by atoms with Gasteiger partial charge in [-0.15, -0.1) is 0 Å². The fourth-order valence-corrected chi connectivity index (χ4v) is 1.95. The number of nitro groups is 1. The lowest BCUT2D eigenvalue weighted by Gasteiger charge is -2.10. The molecule has 0 aromatic heterocycles. The lowest BCUT2D eigenvalue weighted by atomic mass is 10.1. The largest absolute Gasteiger partial charge is 0.457 e. The first-order valence-electron chi connectivity index (χ1n) is 7.30. The summed E-state index contributed by atoms with van der Waals surface area (Å²) < 4.78 is 5.21. The molecule has 24 heavy (non-hydrogen) atoms. The van der Waals surface area contributed by atoms with Crippen LogP contribution in [-0.4, -0.2) is 16.8 Å². The van der Waals surface area contributed by atoms with Gasteiger partial charge in [0.15, 0.2) is 0 Å². The molecule has 7 nitrogen and oxygen atoms in total. The number of amides is 1. The van der Waals surface area contributed by atoms with Crippen molar-refractivity contribution >= 4 is 23.3 Å². The number of ether oxygens (including phenoxy) is 1. The molecule has 1 amide bonds. The summed E-state index contributed by atoms with van der Waals surface area (Å²) in [7, 11) is 0. The van der Waals surface area contributed by atoms with Crippen LogP contribution in [0.25, 0.3) is 0 Å². The van der Waals surface area contributed by atoms with E-state index in [0.717, 1.165) is 0 Å². The summed E-state index contributed by atoms with van der Waals surface area (Å²) in [5.41, 5.74) is 1.24. The van der Waals surface area contributed by atoms with Crippen LogP contribution < -0.4 is 5.32 Å². The first kappa shape index (κ1) is 17.1. The minimum atomic E-state index is -0.583. The number of nitro benzene ring substituents is 1. The standard InChI is InChI=1S/C17H16N2O5/c1-2-16(20)18-15-6-4-3-5-14(15)17(21)24-11-12-7-9-13(10-8-12)19(22)23/h3-10H,2,11H2,1H3,(H,18,20). The van der Waals surface area contributed by atoms with E-state index < -0.39 is 10.9 Å². The summed E-state index contributed by atoms with van der Waals surface area (Å²) in [5.74, 6) is -0.786. The number of benzene rings is 2. The SMILES string of the molecule is CCC(=O)Nc1ccccc1C(=O)OCc1ccc([N+](=O)[O-])cc1. The number of anilines is 1. The lowest BCUT2D eigenvalue weighted by Crippen LogP contribution is -2.14. The van der Waals surface area contributed by atoms with Crippen molar-refractivity contribution in [2.24, 2.45) is 0 Å². The molecule has 2 aromatic rings. The molecule has 2 rings (SSSR count). The van der Waals surface area contributed by atoms with E-state index in [4.69, 9.17) is 4.74 Å². The van der Waals surface area contributed by atoms with Gasteiger partial charge in [-0.25, -0.2) is 4.79 Å². The van der Waals surface area contributed by atoms with Crippen LogP contribution in [0.5, 0.6) is 0 Å². The number of para-hydroxylation sites is 1. The highest BCUT2D eigenvalue weighted by molar-refractivity contribution is 6.01. The summed E-state index contributed by atoms with van der Waals surface area (Å²) in [6.45, 7) is 1.69. The Labute approximate surface area is 138 Å². The zero-order valence-corrected chi connectivity index (χ0v) is 13.0. The van der Waals surface area contributed by atoms with Crippen molar-refractivity contribution in [2.75, 3.05) is 5.32 Å². The molecule has 0 unspecified atom stereocenters. The molecule has 0 heterocycles. The number of rotatable bonds is 6. The molecular formula is C17H16N2O5. The molecule has 0 bridgehead atoms. The van der Waals surface area contributed by atoms with E-state index in [1.54, 1.807) is 31.2 Å². The molecule has 0 saturated carbocycles. The monoisotopic (exact) mass is 328 g/mol. The first-order valence-corrected chi connectivity index (χ1v) is 7.30. The summed E-state index contributed by atoms with van der Waals surface area (Å²) in [5, 5.41) is 13.2. The Kier molecular flexibility index (Phi) is 5.62. The van der Waals surface area contributed by atoms with Gasteiger partial charge < -0.3 is 10.1 Å². The quantitative estimate of drug-likeness (QED) is 0.498. The maximum absolute atomic E-state index is 12.2. The Balaban J connectivity index is 2.04. The molecule has 0 atom stereocenters. The fraction of sp³-hybridized carbons (Fsp3) is 0.176. The van der Waals surface area contributed by atoms with Crippen molar-refractivity contribution in [1.29, 1.82) is 0 Å². The second-order valence-electron chi connectivity index (χ2n) is 4.95. The zero-order chi connectivity index (χ0) is 17.5. The molecule has 1 N–H and O–H groups in total. The maximum Gasteiger partial charge on any atom is 0.340 e. The normalized spacial score (nSPS) is 10.0. The van der Waals surface area contributed by atoms with E-state index in [-0.39, 0.29) is 23.8 Å². The third-order valence-electron chi connectivity index (χ3n) is 3.26. The van der Waals surface area contributed by atoms with Crippen molar-refractivity contribution in [3.05, 3.63) is 69.8 Å². The molecule has 7 heteroatoms. The van der Waals surface area contributed by atoms with Crippen LogP contribution in [0.2, 0.25) is 0 Å². The smallest absolute Gasteiger partial charge is 0.340 e. The number of non-ortho nitro benzene ring substituents is 1. The van der Waals surface area contributed by atoms with Gasteiger partial charge >= 0.3 is 5.97 Å². The second kappa shape index (κ2) is 7.87. The highest BCUT2D eigenvalue weighted by Gasteiger charge is 2.14. The van der Waals surface area contributed by atoms with Crippen LogP contribution in [-0.2, 0) is 16.1 Å². The van der Waals surface area contributed by atoms with E-state index in [0.29, 0.717) is 17.7 Å². The van der Waals surface area contributed by atoms with Crippen molar-refractivity contribution < 1.29 is 19.2 Å². The van der Waals surface area contributed by atoms with E-state index in [9.17, 15) is 19.7 Å². The van der Waals surface area contributed by atoms with Gasteiger partial charge in [0.05, 0.1) is 16.2 Å². The molecule has 0 spiro atoms. The Hall–Kier alpha value is -3.22. The maximum atomic E-state index is 12.2. The third kappa shape index (κ3) is 4.39. The van der Waals surface area contributed by atoms with Crippen molar-refractivity contribution in [2.45, 2.75) is 20.0 Å². The minimum absolute atomic E-state index is 0.0209. The molecular weight excluding hydrogens is 312 g/mol. The van der Waals surface area contributed by atoms with Gasteiger partial charge in [-0.05, 0) is 29.8 Å². The molecule has 124 valence electrons. The van der Waals surface area contributed by atoms with Crippen LogP contribution in [0, 0.1) is 10.1 Å². The van der Waals surface area contributed by atoms with E-state index in [1.807, 2.05) is 0 Å². The number of hydrogen-bond donors (Lipinski definition) is 1. The van der Waals surface area contributed by atoms with E-state index in [2.05, 4.69) is 5.32 Å². The van der Waals surface area contributed by atoms with Gasteiger partial charge in [0.1, 0.15) is 6.61 Å². The summed E-state index contributed by atoms with van der Waals surface area (Å²) >= 11 is 0. The van der Waals surface area contributed by atoms with Gasteiger partial charge in [0.2, 0.25) is 5.91 Å². The number of hydrogen-bond acceptors (Lipinski definition) is 5. The molecule has 2 aromatic carbocycles. The number of nitrogens with zero attached hydrogens (tertiary/aromatic N) is 1. The number of esters is 1. The van der Waals surface area contributed by atoms with Crippen LogP contribution >= 0.6 is 0 Å². The predicted molar refractivity (Wildman–Crippen MR) is 87.6 cm³/mol. The van der Waals surface area contributed by atoms with Gasteiger partial charge in [-0.3, -0.25) is 14.9 Å². The van der Waals surface area contributed by atoms with Crippen molar-refractivity contribution in [3.8, 4) is 0 Å². The highest BCUT2D eigenvalue weighted by Crippen LogP contribution is 2.18. The lowest BCUT2D eigenvalue weighted by molar-refractivity contribution is -0.384. The average molecular weight is 328 g/mol. The van der Waals surface area contributed by atoms with E-state index in [1.165, 1.54) is 24.3 Å². The van der Waals surface area contributed by atoms with Crippen LogP contribution in [0.1, 0.15) is 29.3 Å². The van der Waals surface area contributed by atoms with Crippen LogP contribution in [0.4, 0.5) is 11.4 Å². The summed E-state index contributed by atoms with van der Waals surface area (Å²) in [6.07, 6.45) is 0.298. The number of carbonyl (C=O) groups is 2. The topological polar surface area (TPSA) is 98.5 Å². The Bertz CT molecular complexity index is 756. The molecule has 0 fully saturated rings. The highest BCUT2D eigenvalue weighted by atomic mass is 16.6.